The minimum absolute atomic E-state index is 0.0567. The smallest absolute Gasteiger partial charge is 0.326 e. The van der Waals surface area contributed by atoms with Crippen LogP contribution < -0.4 is 26.2 Å². The van der Waals surface area contributed by atoms with Gasteiger partial charge in [0, 0.05) is 111 Å². The molecule has 94 heavy (non-hydrogen) atoms. The number of aliphatic carboxylic acids is 2. The number of Topliss-reactive ketones (excluding diaryl/α,β-unsaturated/α-hetero) is 2. The lowest BCUT2D eigenvalue weighted by molar-refractivity contribution is -0.438. The van der Waals surface area contributed by atoms with E-state index < -0.39 is 62.1 Å². The van der Waals surface area contributed by atoms with Crippen LogP contribution in [0.3, 0.4) is 0 Å². The number of rotatable bonds is 36. The highest BCUT2D eigenvalue weighted by Gasteiger charge is 2.45. The maximum absolute atomic E-state index is 13.8. The zero-order valence-corrected chi connectivity index (χ0v) is 55.4. The summed E-state index contributed by atoms with van der Waals surface area (Å²) in [5.74, 6) is -3.04. The number of hydrogen-bond donors (Lipinski definition) is 8. The van der Waals surface area contributed by atoms with Crippen LogP contribution in [0, 0.1) is 0 Å². The molecule has 0 fully saturated rings. The first kappa shape index (κ1) is 72.8. The van der Waals surface area contributed by atoms with E-state index >= 15 is 0 Å². The van der Waals surface area contributed by atoms with Crippen molar-refractivity contribution >= 4 is 84.2 Å². The Morgan fingerprint density at radius 1 is 0.702 bits per heavy atom. The van der Waals surface area contributed by atoms with Crippen molar-refractivity contribution < 1.29 is 79.0 Å². The first-order valence-corrected chi connectivity index (χ1v) is 35.0. The molecule has 3 aliphatic rings. The van der Waals surface area contributed by atoms with Crippen molar-refractivity contribution in [2.24, 2.45) is 0 Å². The standard InChI is InChI=1S/C70H86N6O16S2/c1-5-7-14-41-75-52(44-51-45-54(93(86,87)88)29-32-59(51)75)28-34-62-66(49(37-42-92-62)27-35-63-70(3,4)56-46-55(94(89,90)91)30-33-60(56)76(63)40-8-6-2)48-23-25-50(26-24-48)67(82)71-38-16-21-61(78)58(43-47-17-10-9-11-18-47)73-64(79)22-13-12-19-53(77)20-15-39-72-69(85)74-57(68(83)84)31-36-65(80)81/h9-11,17-18,23-30,32-35,45-46,57-58H,5-8,12-16,19-22,31,36-44H2,1-4H3,(H7-,71,72,73,74,79,80,81,82,83,84,85,86,87,88,89,90,91)/p+1/t57-,58+/m1/s1. The molecule has 0 unspecified atom stereocenters. The second-order valence-corrected chi connectivity index (χ2v) is 27.1. The number of unbranched alkanes of at least 4 members (excludes halogenated alkanes) is 4. The monoisotopic (exact) mass is 1330 g/mol. The summed E-state index contributed by atoms with van der Waals surface area (Å²) in [6.45, 7) is 10.2. The Kier molecular flexibility index (Phi) is 26.4. The number of carboxylic acids is 2. The molecule has 24 heteroatoms. The quantitative estimate of drug-likeness (QED) is 0.0119. The van der Waals surface area contributed by atoms with Crippen LogP contribution in [-0.4, -0.2) is 133 Å². The Morgan fingerprint density at radius 3 is 2.06 bits per heavy atom. The third kappa shape index (κ3) is 20.5. The number of carbonyl (C=O) groups excluding carboxylic acids is 5. The van der Waals surface area contributed by atoms with Crippen LogP contribution in [0.4, 0.5) is 16.2 Å². The van der Waals surface area contributed by atoms with Crippen LogP contribution in [-0.2, 0) is 67.2 Å². The summed E-state index contributed by atoms with van der Waals surface area (Å²) in [5.41, 5.74) is 8.00. The van der Waals surface area contributed by atoms with Crippen molar-refractivity contribution in [3.8, 4) is 0 Å². The number of hydrogen-bond acceptors (Lipinski definition) is 13. The first-order chi connectivity index (χ1) is 44.8. The highest BCUT2D eigenvalue weighted by atomic mass is 32.2. The molecule has 4 amide bonds. The predicted molar refractivity (Wildman–Crippen MR) is 356 cm³/mol. The third-order valence-corrected chi connectivity index (χ3v) is 18.6. The van der Waals surface area contributed by atoms with Crippen molar-refractivity contribution in [1.29, 1.82) is 0 Å². The molecule has 0 saturated heterocycles. The number of anilines is 1. The molecule has 3 aliphatic heterocycles. The maximum Gasteiger partial charge on any atom is 0.326 e. The molecule has 3 heterocycles. The van der Waals surface area contributed by atoms with E-state index in [4.69, 9.17) is 9.84 Å². The van der Waals surface area contributed by atoms with Crippen LogP contribution in [0.5, 0.6) is 0 Å². The van der Waals surface area contributed by atoms with Crippen molar-refractivity contribution in [2.75, 3.05) is 37.7 Å². The Balaban J connectivity index is 1.03. The average molecular weight is 1330 g/mol. The van der Waals surface area contributed by atoms with Gasteiger partial charge in [0.1, 0.15) is 24.1 Å². The number of urea groups is 1. The number of allylic oxidation sites excluding steroid dienone is 6. The van der Waals surface area contributed by atoms with Gasteiger partial charge in [0.25, 0.3) is 26.1 Å². The minimum atomic E-state index is -4.48. The van der Waals surface area contributed by atoms with E-state index in [9.17, 15) is 64.6 Å². The molecular weight excluding hydrogens is 1240 g/mol. The summed E-state index contributed by atoms with van der Waals surface area (Å²) in [7, 11) is -8.93. The number of ketones is 2. The van der Waals surface area contributed by atoms with Gasteiger partial charge in [-0.2, -0.15) is 21.4 Å². The predicted octanol–water partition coefficient (Wildman–Crippen LogP) is 10.1. The van der Waals surface area contributed by atoms with E-state index in [1.807, 2.05) is 68.5 Å². The molecule has 0 bridgehead atoms. The maximum atomic E-state index is 13.8. The topological polar surface area (TPSA) is 332 Å². The largest absolute Gasteiger partial charge is 0.493 e. The molecule has 8 N–H and O–H groups in total. The third-order valence-electron chi connectivity index (χ3n) is 16.9. The van der Waals surface area contributed by atoms with Gasteiger partial charge in [-0.25, -0.2) is 9.59 Å². The van der Waals surface area contributed by atoms with E-state index in [1.165, 1.54) is 24.3 Å². The lowest BCUT2D eigenvalue weighted by atomic mass is 9.81. The number of carboxylic acid groups (broad SMARTS) is 2. The molecular formula is C70H87N6O16S2+. The lowest BCUT2D eigenvalue weighted by Gasteiger charge is -2.24. The van der Waals surface area contributed by atoms with Crippen molar-refractivity contribution in [3.63, 3.8) is 0 Å². The summed E-state index contributed by atoms with van der Waals surface area (Å²) in [4.78, 5) is 89.5. The van der Waals surface area contributed by atoms with Gasteiger partial charge in [-0.15, -0.1) is 0 Å². The molecule has 0 saturated carbocycles. The number of fused-ring (bicyclic) bond motifs is 2. The second-order valence-electron chi connectivity index (χ2n) is 24.3. The summed E-state index contributed by atoms with van der Waals surface area (Å²) in [6.07, 6.45) is 14.9. The van der Waals surface area contributed by atoms with E-state index in [1.54, 1.807) is 24.3 Å². The van der Waals surface area contributed by atoms with Gasteiger partial charge in [0.2, 0.25) is 11.6 Å². The molecule has 4 aromatic rings. The normalized spacial score (nSPS) is 16.0. The van der Waals surface area contributed by atoms with Gasteiger partial charge in [0.05, 0.1) is 27.9 Å². The Bertz CT molecular complexity index is 3840. The number of nitrogens with zero attached hydrogens (tertiary/aromatic N) is 2. The van der Waals surface area contributed by atoms with Gasteiger partial charge in [-0.05, 0) is 136 Å². The highest BCUT2D eigenvalue weighted by molar-refractivity contribution is 7.86. The number of amides is 4. The SMILES string of the molecule is CCCCCN1C(=CC=C2OCCC(C=CC3=[N+](CCCC)c4ccc(S(=O)(=O)O)cc4C3(C)C)=C2c2ccc(C(=O)NCCCC(=O)[C@H](Cc3ccccc3)NC(=O)CCCCC(=O)CCCNC(=O)N[C@H](CCC(=O)O)C(=O)O)cc2)Cc2cc(S(=O)(=O)O)ccc21. The van der Waals surface area contributed by atoms with Gasteiger partial charge in [0.15, 0.2) is 11.5 Å². The van der Waals surface area contributed by atoms with Crippen LogP contribution >= 0.6 is 0 Å². The van der Waals surface area contributed by atoms with E-state index in [-0.39, 0.29) is 97.6 Å². The summed E-state index contributed by atoms with van der Waals surface area (Å²) < 4.78 is 77.8. The van der Waals surface area contributed by atoms with Gasteiger partial charge >= 0.3 is 18.0 Å². The average Bonchev–Trinajstić information content (AvgIpc) is 1.58. The minimum Gasteiger partial charge on any atom is -0.493 e. The zero-order chi connectivity index (χ0) is 68.2. The molecule has 22 nitrogen and oxygen atoms in total. The Hall–Kier alpha value is -8.58. The van der Waals surface area contributed by atoms with Gasteiger partial charge < -0.3 is 41.1 Å². The second kappa shape index (κ2) is 34.0. The fourth-order valence-electron chi connectivity index (χ4n) is 11.8. The van der Waals surface area contributed by atoms with E-state index in [0.29, 0.717) is 56.7 Å². The Labute approximate surface area is 550 Å². The van der Waals surface area contributed by atoms with Crippen LogP contribution in [0.1, 0.15) is 163 Å². The molecule has 0 spiro atoms. The fourth-order valence-corrected chi connectivity index (χ4v) is 12.9. The number of benzene rings is 4. The molecule has 7 rings (SSSR count). The van der Waals surface area contributed by atoms with Crippen molar-refractivity contribution in [2.45, 2.75) is 171 Å². The van der Waals surface area contributed by atoms with Gasteiger partial charge in [-0.3, -0.25) is 33.1 Å². The summed E-state index contributed by atoms with van der Waals surface area (Å²) in [6, 6.07) is 22.7. The molecule has 2 atom stereocenters. The van der Waals surface area contributed by atoms with Crippen LogP contribution in [0.25, 0.3) is 5.57 Å². The first-order valence-electron chi connectivity index (χ1n) is 32.1. The fraction of sp³-hybridized carbons (Fsp3) is 0.429. The van der Waals surface area contributed by atoms with Crippen molar-refractivity contribution in [3.05, 3.63) is 160 Å². The van der Waals surface area contributed by atoms with Crippen LogP contribution in [0.2, 0.25) is 0 Å². The van der Waals surface area contributed by atoms with Crippen LogP contribution in [0.15, 0.2) is 142 Å². The molecule has 504 valence electrons. The summed E-state index contributed by atoms with van der Waals surface area (Å²) >= 11 is 0. The highest BCUT2D eigenvalue weighted by Crippen LogP contribution is 2.43. The lowest BCUT2D eigenvalue weighted by Crippen LogP contribution is -2.46. The van der Waals surface area contributed by atoms with Gasteiger partial charge in [-0.1, -0.05) is 81.7 Å². The van der Waals surface area contributed by atoms with E-state index in [2.05, 4.69) is 56.7 Å². The molecule has 4 aromatic carbocycles. The number of ether oxygens (including phenoxy) is 1. The van der Waals surface area contributed by atoms with Crippen molar-refractivity contribution in [1.82, 2.24) is 21.3 Å². The molecule has 0 radical (unpaired) electrons. The number of carbonyl (C=O) groups is 7. The Morgan fingerprint density at radius 2 is 1.37 bits per heavy atom. The summed E-state index contributed by atoms with van der Waals surface area (Å²) in [5, 5.41) is 28.6. The molecule has 0 aliphatic carbocycles. The zero-order valence-electron chi connectivity index (χ0n) is 53.8. The van der Waals surface area contributed by atoms with E-state index in [0.717, 1.165) is 88.3 Å². The molecule has 0 aromatic heterocycles. The number of nitrogens with one attached hydrogen (secondary N) is 4.